The van der Waals surface area contributed by atoms with Gasteiger partial charge in [0, 0.05) is 5.39 Å². The largest absolute Gasteiger partial charge is 0.478 e. The molecule has 0 unspecified atom stereocenters. The molecular formula is C18H16ClNO3. The quantitative estimate of drug-likeness (QED) is 0.720. The highest BCUT2D eigenvalue weighted by atomic mass is 35.5. The van der Waals surface area contributed by atoms with Crippen LogP contribution in [0.5, 0.6) is 0 Å². The second kappa shape index (κ2) is 6.44. The van der Waals surface area contributed by atoms with Gasteiger partial charge in [0.1, 0.15) is 5.76 Å². The minimum atomic E-state index is -0.937. The molecule has 0 spiro atoms. The van der Waals surface area contributed by atoms with Crippen LogP contribution in [0.15, 0.2) is 46.9 Å². The minimum Gasteiger partial charge on any atom is -0.478 e. The summed E-state index contributed by atoms with van der Waals surface area (Å²) in [5.41, 5.74) is 2.77. The van der Waals surface area contributed by atoms with Crippen LogP contribution in [0.1, 0.15) is 23.0 Å². The molecule has 0 aliphatic carbocycles. The third-order valence-corrected chi connectivity index (χ3v) is 3.92. The number of hydrogen-bond acceptors (Lipinski definition) is 3. The molecule has 0 bridgehead atoms. The van der Waals surface area contributed by atoms with Crippen molar-refractivity contribution in [1.29, 1.82) is 0 Å². The topological polar surface area (TPSA) is 62.5 Å². The highest BCUT2D eigenvalue weighted by Crippen LogP contribution is 2.33. The Bertz CT molecular complexity index is 853. The van der Waals surface area contributed by atoms with Crippen LogP contribution in [-0.2, 0) is 6.54 Å². The third-order valence-electron chi connectivity index (χ3n) is 3.64. The molecule has 0 saturated heterocycles. The maximum atomic E-state index is 10.9. The Labute approximate surface area is 138 Å². The summed E-state index contributed by atoms with van der Waals surface area (Å²) >= 11 is 6.33. The summed E-state index contributed by atoms with van der Waals surface area (Å²) in [7, 11) is 0. The molecule has 0 atom stereocenters. The smallest absolute Gasteiger partial charge is 0.335 e. The van der Waals surface area contributed by atoms with Gasteiger partial charge in [-0.3, -0.25) is 0 Å². The van der Waals surface area contributed by atoms with Gasteiger partial charge in [-0.1, -0.05) is 30.7 Å². The number of nitrogens with one attached hydrogen (secondary N) is 1. The monoisotopic (exact) mass is 329 g/mol. The second-order valence-corrected chi connectivity index (χ2v) is 5.66. The molecular weight excluding hydrogens is 314 g/mol. The fourth-order valence-electron chi connectivity index (χ4n) is 2.47. The molecule has 0 amide bonds. The minimum absolute atomic E-state index is 0.261. The van der Waals surface area contributed by atoms with Gasteiger partial charge in [-0.25, -0.2) is 4.79 Å². The van der Waals surface area contributed by atoms with Crippen molar-refractivity contribution in [3.05, 3.63) is 58.8 Å². The summed E-state index contributed by atoms with van der Waals surface area (Å²) in [6, 6.07) is 12.5. The Morgan fingerprint density at radius 3 is 2.57 bits per heavy atom. The highest BCUT2D eigenvalue weighted by molar-refractivity contribution is 6.35. The summed E-state index contributed by atoms with van der Waals surface area (Å²) in [4.78, 5) is 10.9. The number of carbonyl (C=O) groups is 1. The van der Waals surface area contributed by atoms with Crippen LogP contribution < -0.4 is 5.32 Å². The van der Waals surface area contributed by atoms with Crippen molar-refractivity contribution in [2.75, 3.05) is 6.54 Å². The zero-order valence-electron chi connectivity index (χ0n) is 12.6. The van der Waals surface area contributed by atoms with Crippen LogP contribution in [0.2, 0.25) is 5.02 Å². The maximum absolute atomic E-state index is 10.9. The van der Waals surface area contributed by atoms with Crippen LogP contribution in [-0.4, -0.2) is 17.6 Å². The van der Waals surface area contributed by atoms with Crippen molar-refractivity contribution in [3.63, 3.8) is 0 Å². The first kappa shape index (κ1) is 15.6. The van der Waals surface area contributed by atoms with E-state index in [1.807, 2.05) is 25.1 Å². The fourth-order valence-corrected chi connectivity index (χ4v) is 2.74. The highest BCUT2D eigenvalue weighted by Gasteiger charge is 2.11. The number of aromatic carboxylic acids is 1. The van der Waals surface area contributed by atoms with Gasteiger partial charge in [0.25, 0.3) is 0 Å². The number of rotatable bonds is 5. The van der Waals surface area contributed by atoms with E-state index in [1.54, 1.807) is 24.3 Å². The molecule has 0 fully saturated rings. The first-order valence-electron chi connectivity index (χ1n) is 7.35. The summed E-state index contributed by atoms with van der Waals surface area (Å²) in [6.45, 7) is 3.56. The molecule has 2 aromatic carbocycles. The zero-order chi connectivity index (χ0) is 16.4. The summed E-state index contributed by atoms with van der Waals surface area (Å²) < 4.78 is 5.77. The number of carboxylic acids is 1. The number of hydrogen-bond donors (Lipinski definition) is 2. The van der Waals surface area contributed by atoms with Gasteiger partial charge in [0.05, 0.1) is 17.1 Å². The Morgan fingerprint density at radius 1 is 1.17 bits per heavy atom. The molecule has 3 rings (SSSR count). The normalized spacial score (nSPS) is 11.0. The number of benzene rings is 2. The lowest BCUT2D eigenvalue weighted by Crippen LogP contribution is -2.10. The van der Waals surface area contributed by atoms with Gasteiger partial charge in [0.2, 0.25) is 0 Å². The molecule has 4 nitrogen and oxygen atoms in total. The predicted octanol–water partition coefficient (Wildman–Crippen LogP) is 4.56. The van der Waals surface area contributed by atoms with Crippen LogP contribution in [0.3, 0.4) is 0 Å². The molecule has 0 aliphatic heterocycles. The number of fused-ring (bicyclic) bond motifs is 1. The Kier molecular flexibility index (Phi) is 4.37. The van der Waals surface area contributed by atoms with Crippen molar-refractivity contribution < 1.29 is 14.3 Å². The second-order valence-electron chi connectivity index (χ2n) is 5.25. The first-order valence-corrected chi connectivity index (χ1v) is 7.72. The molecule has 1 heterocycles. The summed E-state index contributed by atoms with van der Waals surface area (Å²) in [5, 5.41) is 13.7. The van der Waals surface area contributed by atoms with E-state index >= 15 is 0 Å². The van der Waals surface area contributed by atoms with Crippen LogP contribution in [0.4, 0.5) is 0 Å². The van der Waals surface area contributed by atoms with E-state index in [0.29, 0.717) is 17.2 Å². The van der Waals surface area contributed by atoms with E-state index in [2.05, 4.69) is 5.32 Å². The summed E-state index contributed by atoms with van der Waals surface area (Å²) in [5.74, 6) is -0.102. The number of carboxylic acid groups (broad SMARTS) is 1. The molecule has 1 aromatic heterocycles. The summed E-state index contributed by atoms with van der Waals surface area (Å²) in [6.07, 6.45) is 0. The predicted molar refractivity (Wildman–Crippen MR) is 91.0 cm³/mol. The molecule has 23 heavy (non-hydrogen) atoms. The standard InChI is InChI=1S/C18H16ClNO3/c1-2-20-10-15-8-14-7-13(9-16(19)17(14)23-15)11-3-5-12(6-4-11)18(21)22/h3-9,20H,2,10H2,1H3,(H,21,22). The maximum Gasteiger partial charge on any atom is 0.335 e. The van der Waals surface area contributed by atoms with Crippen LogP contribution in [0.25, 0.3) is 22.1 Å². The van der Waals surface area contributed by atoms with Gasteiger partial charge in [-0.2, -0.15) is 0 Å². The molecule has 5 heteroatoms. The number of furan rings is 1. The lowest BCUT2D eigenvalue weighted by Gasteiger charge is -2.04. The van der Waals surface area contributed by atoms with E-state index in [1.165, 1.54) is 0 Å². The average Bonchev–Trinajstić information content (AvgIpc) is 2.96. The average molecular weight is 330 g/mol. The van der Waals surface area contributed by atoms with E-state index in [-0.39, 0.29) is 5.56 Å². The molecule has 118 valence electrons. The van der Waals surface area contributed by atoms with Crippen molar-refractivity contribution in [2.24, 2.45) is 0 Å². The van der Waals surface area contributed by atoms with Crippen molar-refractivity contribution in [1.82, 2.24) is 5.32 Å². The van der Waals surface area contributed by atoms with E-state index < -0.39 is 5.97 Å². The SMILES string of the molecule is CCNCc1cc2cc(-c3ccc(C(=O)O)cc3)cc(Cl)c2o1. The third kappa shape index (κ3) is 3.23. The van der Waals surface area contributed by atoms with Crippen molar-refractivity contribution >= 4 is 28.5 Å². The van der Waals surface area contributed by atoms with Crippen molar-refractivity contribution in [2.45, 2.75) is 13.5 Å². The molecule has 0 aliphatic rings. The number of halogens is 1. The first-order chi connectivity index (χ1) is 11.1. The van der Waals surface area contributed by atoms with Gasteiger partial charge in [0.15, 0.2) is 5.58 Å². The molecule has 0 saturated carbocycles. The van der Waals surface area contributed by atoms with Gasteiger partial charge in [-0.05, 0) is 48.0 Å². The van der Waals surface area contributed by atoms with Crippen LogP contribution in [0, 0.1) is 0 Å². The van der Waals surface area contributed by atoms with Gasteiger partial charge < -0.3 is 14.8 Å². The molecule has 3 aromatic rings. The van der Waals surface area contributed by atoms with Crippen LogP contribution >= 0.6 is 11.6 Å². The van der Waals surface area contributed by atoms with E-state index in [4.69, 9.17) is 21.1 Å². The lowest BCUT2D eigenvalue weighted by atomic mass is 10.0. The lowest BCUT2D eigenvalue weighted by molar-refractivity contribution is 0.0697. The van der Waals surface area contributed by atoms with Gasteiger partial charge >= 0.3 is 5.97 Å². The van der Waals surface area contributed by atoms with Gasteiger partial charge in [-0.15, -0.1) is 0 Å². The Balaban J connectivity index is 1.99. The molecule has 2 N–H and O–H groups in total. The fraction of sp³-hybridized carbons (Fsp3) is 0.167. The Morgan fingerprint density at radius 2 is 1.91 bits per heavy atom. The van der Waals surface area contributed by atoms with Crippen molar-refractivity contribution in [3.8, 4) is 11.1 Å². The van der Waals surface area contributed by atoms with E-state index in [0.717, 1.165) is 28.8 Å². The molecule has 0 radical (unpaired) electrons. The zero-order valence-corrected chi connectivity index (χ0v) is 13.4. The van der Waals surface area contributed by atoms with E-state index in [9.17, 15) is 4.79 Å². The Hall–Kier alpha value is -2.30.